The van der Waals surface area contributed by atoms with Crippen molar-refractivity contribution in [1.29, 1.82) is 0 Å². The van der Waals surface area contributed by atoms with Crippen LogP contribution in [-0.4, -0.2) is 9.55 Å². The molecule has 0 amide bonds. The first kappa shape index (κ1) is 14.8. The summed E-state index contributed by atoms with van der Waals surface area (Å²) in [6, 6.07) is 12.6. The van der Waals surface area contributed by atoms with Crippen LogP contribution in [0.1, 0.15) is 12.1 Å². The molecule has 2 heterocycles. The van der Waals surface area contributed by atoms with Gasteiger partial charge < -0.3 is 28.5 Å². The third kappa shape index (κ3) is 3.27. The highest BCUT2D eigenvalue weighted by Crippen LogP contribution is 2.15. The lowest BCUT2D eigenvalue weighted by molar-refractivity contribution is -0.364. The van der Waals surface area contributed by atoms with Crippen molar-refractivity contribution in [3.8, 4) is 0 Å². The molecule has 0 aliphatic rings. The predicted molar refractivity (Wildman–Crippen MR) is 75.5 cm³/mol. The standard InChI is InChI=1S/C15H16N4.HI/c16-15-17-9-7-13(18-15)5-3-10-19-11-8-12-4-1-2-6-14(12)19;/h1-2,4,6-9,11H,3,5,10H2,(H2,16,17,18);1H. The Bertz CT molecular complexity index is 693. The van der Waals surface area contributed by atoms with Crippen molar-refractivity contribution in [1.82, 2.24) is 9.55 Å². The Morgan fingerprint density at radius 3 is 2.85 bits per heavy atom. The second kappa shape index (κ2) is 6.69. The van der Waals surface area contributed by atoms with E-state index in [2.05, 4.69) is 51.1 Å². The number of aromatic amines is 1. The minimum Gasteiger partial charge on any atom is -1.00 e. The summed E-state index contributed by atoms with van der Waals surface area (Å²) in [5, 5.41) is 1.29. The number of benzene rings is 1. The third-order valence-corrected chi connectivity index (χ3v) is 3.28. The van der Waals surface area contributed by atoms with Crippen molar-refractivity contribution < 1.29 is 29.0 Å². The lowest BCUT2D eigenvalue weighted by Crippen LogP contribution is -3.00. The number of para-hydroxylation sites is 1. The maximum Gasteiger partial charge on any atom is 0.387 e. The number of halogens is 1. The van der Waals surface area contributed by atoms with Crippen LogP contribution in [0.15, 0.2) is 48.8 Å². The molecule has 0 bridgehead atoms. The van der Waals surface area contributed by atoms with Gasteiger partial charge in [0.05, 0.1) is 6.20 Å². The van der Waals surface area contributed by atoms with Gasteiger partial charge >= 0.3 is 5.95 Å². The monoisotopic (exact) mass is 380 g/mol. The number of rotatable bonds is 4. The van der Waals surface area contributed by atoms with E-state index in [1.54, 1.807) is 0 Å². The van der Waals surface area contributed by atoms with Crippen LogP contribution >= 0.6 is 0 Å². The van der Waals surface area contributed by atoms with E-state index in [4.69, 9.17) is 5.73 Å². The highest BCUT2D eigenvalue weighted by atomic mass is 127. The number of aromatic nitrogens is 3. The van der Waals surface area contributed by atoms with Crippen molar-refractivity contribution in [3.63, 3.8) is 0 Å². The smallest absolute Gasteiger partial charge is 0.387 e. The number of aryl methyl sites for hydroxylation is 2. The fourth-order valence-electron chi connectivity index (χ4n) is 2.35. The third-order valence-electron chi connectivity index (χ3n) is 3.28. The number of fused-ring (bicyclic) bond motifs is 1. The SMILES string of the molecule is Nc1nc(CCCn2ccc3ccccc32)cc[nH+]1.[I-]. The molecule has 0 fully saturated rings. The Kier molecular flexibility index (Phi) is 4.94. The molecular weight excluding hydrogens is 363 g/mol. The fraction of sp³-hybridized carbons (Fsp3) is 0.200. The van der Waals surface area contributed by atoms with E-state index in [1.807, 2.05) is 12.3 Å². The summed E-state index contributed by atoms with van der Waals surface area (Å²) < 4.78 is 2.29. The summed E-state index contributed by atoms with van der Waals surface area (Å²) >= 11 is 0. The van der Waals surface area contributed by atoms with Gasteiger partial charge in [0.15, 0.2) is 0 Å². The molecule has 0 aliphatic carbocycles. The average molecular weight is 380 g/mol. The van der Waals surface area contributed by atoms with Crippen LogP contribution in [-0.2, 0) is 13.0 Å². The first-order chi connectivity index (χ1) is 9.33. The molecular formula is C15H17IN4. The molecule has 0 unspecified atom stereocenters. The number of nitrogens with zero attached hydrogens (tertiary/aromatic N) is 2. The first-order valence-electron chi connectivity index (χ1n) is 6.50. The Morgan fingerprint density at radius 2 is 2.00 bits per heavy atom. The molecule has 0 saturated carbocycles. The van der Waals surface area contributed by atoms with E-state index in [-0.39, 0.29) is 24.0 Å². The predicted octanol–water partition coefficient (Wildman–Crippen LogP) is -0.931. The lowest BCUT2D eigenvalue weighted by atomic mass is 10.2. The normalized spacial score (nSPS) is 10.4. The summed E-state index contributed by atoms with van der Waals surface area (Å²) in [6.07, 6.45) is 5.97. The highest BCUT2D eigenvalue weighted by molar-refractivity contribution is 5.79. The van der Waals surface area contributed by atoms with Gasteiger partial charge in [-0.3, -0.25) is 5.73 Å². The molecule has 0 aliphatic heterocycles. The minimum atomic E-state index is 0. The number of nitrogens with two attached hydrogens (primary N) is 1. The zero-order valence-electron chi connectivity index (χ0n) is 11.1. The van der Waals surface area contributed by atoms with Crippen molar-refractivity contribution in [2.75, 3.05) is 5.73 Å². The maximum absolute atomic E-state index is 5.63. The molecule has 0 saturated heterocycles. The van der Waals surface area contributed by atoms with Crippen molar-refractivity contribution in [3.05, 3.63) is 54.5 Å². The van der Waals surface area contributed by atoms with Gasteiger partial charge in [-0.1, -0.05) is 23.2 Å². The van der Waals surface area contributed by atoms with Crippen molar-refractivity contribution >= 4 is 16.9 Å². The summed E-state index contributed by atoms with van der Waals surface area (Å²) in [4.78, 5) is 7.13. The van der Waals surface area contributed by atoms with Gasteiger partial charge in [-0.05, 0) is 23.9 Å². The molecule has 20 heavy (non-hydrogen) atoms. The second-order valence-electron chi connectivity index (χ2n) is 4.64. The number of hydrogen-bond donors (Lipinski definition) is 1. The lowest BCUT2D eigenvalue weighted by Gasteiger charge is -2.04. The number of H-pyrrole nitrogens is 1. The van der Waals surface area contributed by atoms with Gasteiger partial charge in [0.2, 0.25) is 0 Å². The van der Waals surface area contributed by atoms with Gasteiger partial charge in [-0.15, -0.1) is 0 Å². The largest absolute Gasteiger partial charge is 1.00 e. The van der Waals surface area contributed by atoms with Gasteiger partial charge in [-0.25, -0.2) is 4.98 Å². The molecule has 3 N–H and O–H groups in total. The molecule has 0 radical (unpaired) electrons. The van der Waals surface area contributed by atoms with E-state index in [0.29, 0.717) is 5.95 Å². The molecule has 2 aromatic heterocycles. The summed E-state index contributed by atoms with van der Waals surface area (Å²) in [7, 11) is 0. The van der Waals surface area contributed by atoms with Gasteiger partial charge in [0, 0.05) is 30.7 Å². The van der Waals surface area contributed by atoms with Gasteiger partial charge in [0.1, 0.15) is 5.69 Å². The van der Waals surface area contributed by atoms with E-state index in [9.17, 15) is 0 Å². The number of anilines is 1. The summed E-state index contributed by atoms with van der Waals surface area (Å²) in [6.45, 7) is 0.994. The van der Waals surface area contributed by atoms with E-state index in [1.165, 1.54) is 10.9 Å². The zero-order chi connectivity index (χ0) is 13.1. The zero-order valence-corrected chi connectivity index (χ0v) is 13.2. The Morgan fingerprint density at radius 1 is 1.15 bits per heavy atom. The molecule has 5 heteroatoms. The van der Waals surface area contributed by atoms with Crippen molar-refractivity contribution in [2.24, 2.45) is 0 Å². The topological polar surface area (TPSA) is 58.0 Å². The van der Waals surface area contributed by atoms with Crippen LogP contribution in [0.4, 0.5) is 5.95 Å². The van der Waals surface area contributed by atoms with Crippen molar-refractivity contribution in [2.45, 2.75) is 19.4 Å². The summed E-state index contributed by atoms with van der Waals surface area (Å²) in [5.74, 6) is 0.476. The van der Waals surface area contributed by atoms with Crippen LogP contribution in [0, 0.1) is 0 Å². The van der Waals surface area contributed by atoms with Crippen LogP contribution in [0.25, 0.3) is 10.9 Å². The van der Waals surface area contributed by atoms with E-state index < -0.39 is 0 Å². The maximum atomic E-state index is 5.63. The van der Waals surface area contributed by atoms with E-state index in [0.717, 1.165) is 25.1 Å². The minimum absolute atomic E-state index is 0. The fourth-order valence-corrected chi connectivity index (χ4v) is 2.35. The quantitative estimate of drug-likeness (QED) is 0.595. The van der Waals surface area contributed by atoms with Gasteiger partial charge in [-0.2, -0.15) is 0 Å². The van der Waals surface area contributed by atoms with Crippen LogP contribution in [0.3, 0.4) is 0 Å². The van der Waals surface area contributed by atoms with E-state index >= 15 is 0 Å². The Labute approximate surface area is 135 Å². The van der Waals surface area contributed by atoms with Crippen LogP contribution < -0.4 is 34.7 Å². The highest BCUT2D eigenvalue weighted by Gasteiger charge is 2.04. The molecule has 3 aromatic rings. The molecule has 1 aromatic carbocycles. The number of nitrogens with one attached hydrogen (secondary N) is 1. The Balaban J connectivity index is 0.00000147. The van der Waals surface area contributed by atoms with Crippen LogP contribution in [0.2, 0.25) is 0 Å². The first-order valence-corrected chi connectivity index (χ1v) is 6.50. The number of hydrogen-bond acceptors (Lipinski definition) is 2. The molecule has 3 rings (SSSR count). The number of nitrogen functional groups attached to an aromatic ring is 1. The van der Waals surface area contributed by atoms with Gasteiger partial charge in [0.25, 0.3) is 0 Å². The molecule has 4 nitrogen and oxygen atoms in total. The van der Waals surface area contributed by atoms with Crippen LogP contribution in [0.5, 0.6) is 0 Å². The molecule has 104 valence electrons. The Hall–Kier alpha value is -1.63. The molecule has 0 atom stereocenters. The second-order valence-corrected chi connectivity index (χ2v) is 4.64. The summed E-state index contributed by atoms with van der Waals surface area (Å²) in [5.41, 5.74) is 7.95. The molecule has 0 spiro atoms. The average Bonchev–Trinajstić information content (AvgIpc) is 2.83.